The minimum Gasteiger partial charge on any atom is -0.0823 e. The molecule has 5 heteroatoms. The first-order valence-electron chi connectivity index (χ1n) is 11.0. The summed E-state index contributed by atoms with van der Waals surface area (Å²) in [5.41, 5.74) is 0.817. The average Bonchev–Trinajstić information content (AvgIpc) is 2.70. The highest BCUT2D eigenvalue weighted by molar-refractivity contribution is 6.55. The molecular weight excluding hydrogens is 454 g/mol. The second kappa shape index (κ2) is 16.4. The molecule has 0 unspecified atom stereocenters. The average molecular weight is 489 g/mol. The second-order valence-corrected chi connectivity index (χ2v) is 9.64. The molecule has 0 nitrogen and oxygen atoms in total. The van der Waals surface area contributed by atoms with Crippen LogP contribution in [0.15, 0.2) is 0 Å². The maximum Gasteiger partial charge on any atom is 0.0809 e. The quantitative estimate of drug-likeness (QED) is 0.123. The lowest BCUT2D eigenvalue weighted by atomic mass is 10.0. The fraction of sp³-hybridized carbons (Fsp3) is 0.739. The van der Waals surface area contributed by atoms with Crippen molar-refractivity contribution in [3.63, 3.8) is 0 Å². The number of hydrogen-bond donors (Lipinski definition) is 0. The molecule has 0 heterocycles. The topological polar surface area (TPSA) is 0 Å². The SMILES string of the molecule is CCCCCCCCCCCCCCCCCc1c(Cl)c(Cl)c(Cl)c(Cl)c1Cl. The molecule has 0 radical (unpaired) electrons. The van der Waals surface area contributed by atoms with Gasteiger partial charge in [-0.05, 0) is 18.4 Å². The molecule has 0 fully saturated rings. The first-order chi connectivity index (χ1) is 13.5. The molecule has 0 atom stereocenters. The Labute approximate surface area is 197 Å². The highest BCUT2D eigenvalue weighted by Crippen LogP contribution is 2.44. The fourth-order valence-electron chi connectivity index (χ4n) is 3.54. The molecule has 0 aromatic heterocycles. The molecule has 0 bridgehead atoms. The first kappa shape index (κ1) is 26.7. The van der Waals surface area contributed by atoms with Crippen molar-refractivity contribution < 1.29 is 0 Å². The highest BCUT2D eigenvalue weighted by Gasteiger charge is 2.18. The largest absolute Gasteiger partial charge is 0.0823 e. The van der Waals surface area contributed by atoms with Gasteiger partial charge in [0.15, 0.2) is 0 Å². The van der Waals surface area contributed by atoms with Gasteiger partial charge in [-0.2, -0.15) is 0 Å². The summed E-state index contributed by atoms with van der Waals surface area (Å²) in [6.45, 7) is 2.27. The van der Waals surface area contributed by atoms with Crippen molar-refractivity contribution in [1.82, 2.24) is 0 Å². The zero-order valence-corrected chi connectivity index (χ0v) is 21.0. The summed E-state index contributed by atoms with van der Waals surface area (Å²) in [6, 6.07) is 0. The van der Waals surface area contributed by atoms with Crippen LogP contribution in [0.4, 0.5) is 0 Å². The Kier molecular flexibility index (Phi) is 15.6. The fourth-order valence-corrected chi connectivity index (χ4v) is 4.91. The van der Waals surface area contributed by atoms with Gasteiger partial charge in [0.2, 0.25) is 0 Å². The van der Waals surface area contributed by atoms with Crippen molar-refractivity contribution >= 4 is 58.0 Å². The third-order valence-corrected chi connectivity index (χ3v) is 7.69. The van der Waals surface area contributed by atoms with Gasteiger partial charge in [-0.3, -0.25) is 0 Å². The minimum atomic E-state index is 0.235. The van der Waals surface area contributed by atoms with E-state index in [2.05, 4.69) is 6.92 Å². The van der Waals surface area contributed by atoms with Gasteiger partial charge in [0, 0.05) is 0 Å². The van der Waals surface area contributed by atoms with E-state index < -0.39 is 0 Å². The van der Waals surface area contributed by atoms with Crippen LogP contribution < -0.4 is 0 Å². The summed E-state index contributed by atoms with van der Waals surface area (Å²) in [5, 5.41) is 1.71. The van der Waals surface area contributed by atoms with E-state index >= 15 is 0 Å². The number of benzene rings is 1. The first-order valence-corrected chi connectivity index (χ1v) is 12.9. The van der Waals surface area contributed by atoms with Gasteiger partial charge in [-0.15, -0.1) is 0 Å². The van der Waals surface area contributed by atoms with Crippen LogP contribution in [0.2, 0.25) is 25.1 Å². The summed E-state index contributed by atoms with van der Waals surface area (Å²) < 4.78 is 0. The van der Waals surface area contributed by atoms with Crippen molar-refractivity contribution in [2.75, 3.05) is 0 Å². The lowest BCUT2D eigenvalue weighted by molar-refractivity contribution is 0.532. The molecule has 0 spiro atoms. The maximum atomic E-state index is 6.28. The van der Waals surface area contributed by atoms with E-state index in [0.29, 0.717) is 20.1 Å². The van der Waals surface area contributed by atoms with E-state index in [4.69, 9.17) is 58.0 Å². The van der Waals surface area contributed by atoms with Crippen LogP contribution in [-0.4, -0.2) is 0 Å². The van der Waals surface area contributed by atoms with Crippen molar-refractivity contribution in [2.24, 2.45) is 0 Å². The van der Waals surface area contributed by atoms with Gasteiger partial charge >= 0.3 is 0 Å². The van der Waals surface area contributed by atoms with E-state index in [1.807, 2.05) is 0 Å². The number of rotatable bonds is 16. The molecule has 162 valence electrons. The standard InChI is InChI=1S/C23H35Cl5/c1-2-3-4-5-6-7-8-9-10-11-12-13-14-15-16-17-18-19(24)21(26)23(28)22(27)20(18)25/h2-17H2,1H3. The van der Waals surface area contributed by atoms with Crippen molar-refractivity contribution in [3.05, 3.63) is 30.7 Å². The van der Waals surface area contributed by atoms with Gasteiger partial charge < -0.3 is 0 Å². The van der Waals surface area contributed by atoms with Crippen molar-refractivity contribution in [3.8, 4) is 0 Å². The predicted octanol–water partition coefficient (Wildman–Crippen LogP) is 11.4. The lowest BCUT2D eigenvalue weighted by Gasteiger charge is -2.12. The van der Waals surface area contributed by atoms with Crippen molar-refractivity contribution in [2.45, 2.75) is 110 Å². The molecule has 0 saturated carbocycles. The van der Waals surface area contributed by atoms with E-state index in [-0.39, 0.29) is 5.02 Å². The zero-order chi connectivity index (χ0) is 20.8. The third-order valence-electron chi connectivity index (χ3n) is 5.33. The Balaban J connectivity index is 2.02. The molecule has 0 aliphatic carbocycles. The Hall–Kier alpha value is 0.670. The minimum absolute atomic E-state index is 0.235. The molecule has 0 aliphatic heterocycles. The Morgan fingerprint density at radius 3 is 1.04 bits per heavy atom. The van der Waals surface area contributed by atoms with E-state index in [1.165, 1.54) is 89.9 Å². The number of hydrogen-bond acceptors (Lipinski definition) is 0. The molecule has 1 rings (SSSR count). The van der Waals surface area contributed by atoms with Gasteiger partial charge in [-0.1, -0.05) is 155 Å². The molecule has 0 saturated heterocycles. The Bertz CT molecular complexity index is 527. The van der Waals surface area contributed by atoms with E-state index in [9.17, 15) is 0 Å². The van der Waals surface area contributed by atoms with Crippen molar-refractivity contribution in [1.29, 1.82) is 0 Å². The number of unbranched alkanes of at least 4 members (excludes halogenated alkanes) is 14. The van der Waals surface area contributed by atoms with Crippen LogP contribution in [-0.2, 0) is 6.42 Å². The second-order valence-electron chi connectivity index (χ2n) is 7.75. The molecule has 1 aromatic carbocycles. The smallest absolute Gasteiger partial charge is 0.0809 e. The van der Waals surface area contributed by atoms with Gasteiger partial charge in [-0.25, -0.2) is 0 Å². The van der Waals surface area contributed by atoms with Crippen LogP contribution in [0.25, 0.3) is 0 Å². The van der Waals surface area contributed by atoms with Crippen LogP contribution in [0.3, 0.4) is 0 Å². The zero-order valence-electron chi connectivity index (χ0n) is 17.2. The van der Waals surface area contributed by atoms with E-state index in [0.717, 1.165) is 18.4 Å². The van der Waals surface area contributed by atoms with Gasteiger partial charge in [0.05, 0.1) is 25.1 Å². The summed E-state index contributed by atoms with van der Waals surface area (Å²) in [7, 11) is 0. The third kappa shape index (κ3) is 10.1. The number of halogens is 5. The van der Waals surface area contributed by atoms with Crippen LogP contribution in [0.1, 0.15) is 109 Å². The van der Waals surface area contributed by atoms with Crippen LogP contribution in [0, 0.1) is 0 Å². The molecule has 0 aliphatic rings. The Morgan fingerprint density at radius 1 is 0.393 bits per heavy atom. The van der Waals surface area contributed by atoms with E-state index in [1.54, 1.807) is 0 Å². The molecule has 28 heavy (non-hydrogen) atoms. The molecule has 0 amide bonds. The Morgan fingerprint density at radius 2 is 0.679 bits per heavy atom. The summed E-state index contributed by atoms with van der Waals surface area (Å²) >= 11 is 30.8. The highest BCUT2D eigenvalue weighted by atomic mass is 35.5. The van der Waals surface area contributed by atoms with Crippen LogP contribution in [0.5, 0.6) is 0 Å². The summed E-state index contributed by atoms with van der Waals surface area (Å²) in [6.07, 6.45) is 20.9. The molecule has 0 N–H and O–H groups in total. The maximum absolute atomic E-state index is 6.28. The van der Waals surface area contributed by atoms with Crippen LogP contribution >= 0.6 is 58.0 Å². The molecular formula is C23H35Cl5. The predicted molar refractivity (Wildman–Crippen MR) is 130 cm³/mol. The van der Waals surface area contributed by atoms with Gasteiger partial charge in [0.25, 0.3) is 0 Å². The lowest BCUT2D eigenvalue weighted by Crippen LogP contribution is -1.93. The molecule has 1 aromatic rings. The summed E-state index contributed by atoms with van der Waals surface area (Å²) in [5.74, 6) is 0. The summed E-state index contributed by atoms with van der Waals surface area (Å²) in [4.78, 5) is 0. The van der Waals surface area contributed by atoms with Gasteiger partial charge in [0.1, 0.15) is 0 Å². The normalized spacial score (nSPS) is 11.4. The monoisotopic (exact) mass is 486 g/mol.